The number of halogens is 5. The molecule has 4 rings (SSSR count). The Labute approximate surface area is 139 Å². The van der Waals surface area contributed by atoms with E-state index in [4.69, 9.17) is 4.42 Å². The molecule has 1 heterocycles. The van der Waals surface area contributed by atoms with Gasteiger partial charge in [0.15, 0.2) is 22.8 Å². The fourth-order valence-corrected chi connectivity index (χ4v) is 3.39. The summed E-state index contributed by atoms with van der Waals surface area (Å²) >= 11 is 0. The number of alkyl halides is 3. The molecule has 0 saturated carbocycles. The molecule has 1 aliphatic carbocycles. The SMILES string of the molecule is Fc1c(C2=CCCCC2)ccc2c1oc1c(F)c(C(F)(F)F)ccc12. The fourth-order valence-electron chi connectivity index (χ4n) is 3.39. The van der Waals surface area contributed by atoms with Crippen LogP contribution in [0.3, 0.4) is 0 Å². The summed E-state index contributed by atoms with van der Waals surface area (Å²) in [6.07, 6.45) is 0.703. The summed E-state index contributed by atoms with van der Waals surface area (Å²) in [6, 6.07) is 4.93. The van der Waals surface area contributed by atoms with E-state index in [1.54, 1.807) is 12.1 Å². The Balaban J connectivity index is 1.97. The van der Waals surface area contributed by atoms with Crippen molar-refractivity contribution >= 4 is 27.5 Å². The van der Waals surface area contributed by atoms with E-state index in [0.29, 0.717) is 11.6 Å². The van der Waals surface area contributed by atoms with Gasteiger partial charge in [-0.05, 0) is 49.5 Å². The summed E-state index contributed by atoms with van der Waals surface area (Å²) < 4.78 is 72.9. The van der Waals surface area contributed by atoms with E-state index < -0.39 is 29.0 Å². The molecule has 1 aromatic heterocycles. The fraction of sp³-hybridized carbons (Fsp3) is 0.263. The first-order chi connectivity index (χ1) is 11.9. The third-order valence-corrected chi connectivity index (χ3v) is 4.63. The molecule has 2 aromatic carbocycles. The Hall–Kier alpha value is -2.37. The highest BCUT2D eigenvalue weighted by atomic mass is 19.4. The van der Waals surface area contributed by atoms with Crippen LogP contribution in [0.4, 0.5) is 22.0 Å². The van der Waals surface area contributed by atoms with Crippen molar-refractivity contribution in [2.75, 3.05) is 0 Å². The Morgan fingerprint density at radius 3 is 2.16 bits per heavy atom. The van der Waals surface area contributed by atoms with E-state index in [1.165, 1.54) is 0 Å². The first-order valence-electron chi connectivity index (χ1n) is 7.98. The molecule has 25 heavy (non-hydrogen) atoms. The Morgan fingerprint density at radius 1 is 0.840 bits per heavy atom. The maximum atomic E-state index is 14.9. The molecule has 0 bridgehead atoms. The molecule has 0 fully saturated rings. The second-order valence-electron chi connectivity index (χ2n) is 6.18. The van der Waals surface area contributed by atoms with Crippen molar-refractivity contribution in [3.05, 3.63) is 53.1 Å². The van der Waals surface area contributed by atoms with Crippen LogP contribution < -0.4 is 0 Å². The van der Waals surface area contributed by atoms with Crippen molar-refractivity contribution in [2.45, 2.75) is 31.9 Å². The molecule has 0 N–H and O–H groups in total. The number of benzene rings is 2. The van der Waals surface area contributed by atoms with Crippen LogP contribution in [-0.4, -0.2) is 0 Å². The molecule has 1 aliphatic rings. The molecular weight excluding hydrogens is 339 g/mol. The lowest BCUT2D eigenvalue weighted by molar-refractivity contribution is -0.139. The second-order valence-corrected chi connectivity index (χ2v) is 6.18. The molecule has 0 atom stereocenters. The van der Waals surface area contributed by atoms with Crippen molar-refractivity contribution in [1.82, 2.24) is 0 Å². The number of furan rings is 1. The van der Waals surface area contributed by atoms with Gasteiger partial charge in [0.25, 0.3) is 0 Å². The molecule has 0 radical (unpaired) electrons. The molecule has 130 valence electrons. The minimum atomic E-state index is -4.84. The third-order valence-electron chi connectivity index (χ3n) is 4.63. The molecule has 0 saturated heterocycles. The minimum absolute atomic E-state index is 0.128. The zero-order valence-corrected chi connectivity index (χ0v) is 13.0. The van der Waals surface area contributed by atoms with Crippen molar-refractivity contribution in [3.8, 4) is 0 Å². The van der Waals surface area contributed by atoms with Gasteiger partial charge in [-0.15, -0.1) is 0 Å². The summed E-state index contributed by atoms with van der Waals surface area (Å²) in [4.78, 5) is 0. The van der Waals surface area contributed by atoms with Crippen molar-refractivity contribution in [2.24, 2.45) is 0 Å². The van der Waals surface area contributed by atoms with Crippen LogP contribution in [0.2, 0.25) is 0 Å². The van der Waals surface area contributed by atoms with Crippen LogP contribution in [-0.2, 0) is 6.18 Å². The quantitative estimate of drug-likeness (QED) is 0.437. The van der Waals surface area contributed by atoms with E-state index >= 15 is 0 Å². The van der Waals surface area contributed by atoms with E-state index in [0.717, 1.165) is 37.3 Å². The molecule has 0 unspecified atom stereocenters. The molecule has 1 nitrogen and oxygen atoms in total. The summed E-state index contributed by atoms with van der Waals surface area (Å²) in [5.74, 6) is -2.17. The smallest absolute Gasteiger partial charge is 0.419 e. The van der Waals surface area contributed by atoms with Gasteiger partial charge >= 0.3 is 6.18 Å². The maximum absolute atomic E-state index is 14.9. The predicted molar refractivity (Wildman–Crippen MR) is 85.1 cm³/mol. The van der Waals surface area contributed by atoms with Gasteiger partial charge in [-0.3, -0.25) is 0 Å². The first-order valence-corrected chi connectivity index (χ1v) is 7.98. The van der Waals surface area contributed by atoms with Gasteiger partial charge in [0, 0.05) is 16.3 Å². The average Bonchev–Trinajstić information content (AvgIpc) is 2.96. The largest absolute Gasteiger partial charge is 0.450 e. The van der Waals surface area contributed by atoms with Crippen LogP contribution in [0.15, 0.2) is 34.8 Å². The third kappa shape index (κ3) is 2.51. The monoisotopic (exact) mass is 352 g/mol. The molecule has 0 spiro atoms. The Morgan fingerprint density at radius 2 is 1.52 bits per heavy atom. The van der Waals surface area contributed by atoms with Crippen LogP contribution in [0.25, 0.3) is 27.5 Å². The molecular formula is C19H13F5O. The van der Waals surface area contributed by atoms with Crippen molar-refractivity contribution in [1.29, 1.82) is 0 Å². The zero-order chi connectivity index (χ0) is 17.8. The van der Waals surface area contributed by atoms with E-state index in [9.17, 15) is 22.0 Å². The number of allylic oxidation sites excluding steroid dienone is 2. The molecule has 3 aromatic rings. The van der Waals surface area contributed by atoms with Gasteiger partial charge in [0.1, 0.15) is 0 Å². The van der Waals surface area contributed by atoms with E-state index in [2.05, 4.69) is 0 Å². The summed E-state index contributed by atoms with van der Waals surface area (Å²) in [7, 11) is 0. The highest BCUT2D eigenvalue weighted by Gasteiger charge is 2.36. The second kappa shape index (κ2) is 5.58. The van der Waals surface area contributed by atoms with Crippen molar-refractivity contribution < 1.29 is 26.4 Å². The van der Waals surface area contributed by atoms with Gasteiger partial charge in [-0.1, -0.05) is 12.1 Å². The number of hydrogen-bond donors (Lipinski definition) is 0. The highest BCUT2D eigenvalue weighted by Crippen LogP contribution is 2.40. The van der Waals surface area contributed by atoms with Crippen molar-refractivity contribution in [3.63, 3.8) is 0 Å². The average molecular weight is 352 g/mol. The van der Waals surface area contributed by atoms with Gasteiger partial charge in [0.05, 0.1) is 5.56 Å². The Kier molecular flexibility index (Phi) is 3.60. The zero-order valence-electron chi connectivity index (χ0n) is 13.0. The lowest BCUT2D eigenvalue weighted by atomic mass is 9.93. The van der Waals surface area contributed by atoms with Gasteiger partial charge < -0.3 is 4.42 Å². The minimum Gasteiger partial charge on any atom is -0.450 e. The van der Waals surface area contributed by atoms with Gasteiger partial charge in [0.2, 0.25) is 0 Å². The van der Waals surface area contributed by atoms with E-state index in [-0.39, 0.29) is 16.4 Å². The number of rotatable bonds is 1. The summed E-state index contributed by atoms with van der Waals surface area (Å²) in [6.45, 7) is 0. The Bertz CT molecular complexity index is 1010. The topological polar surface area (TPSA) is 13.1 Å². The van der Waals surface area contributed by atoms with Crippen LogP contribution in [0.5, 0.6) is 0 Å². The van der Waals surface area contributed by atoms with Crippen LogP contribution in [0, 0.1) is 11.6 Å². The van der Waals surface area contributed by atoms with Gasteiger partial charge in [-0.25, -0.2) is 8.78 Å². The summed E-state index contributed by atoms with van der Waals surface area (Å²) in [5.41, 5.74) is -0.990. The van der Waals surface area contributed by atoms with E-state index in [1.807, 2.05) is 6.08 Å². The van der Waals surface area contributed by atoms with Crippen LogP contribution in [0.1, 0.15) is 36.8 Å². The summed E-state index contributed by atoms with van der Waals surface area (Å²) in [5, 5.41) is 0.392. The number of hydrogen-bond acceptors (Lipinski definition) is 1. The predicted octanol–water partition coefficient (Wildman–Crippen LogP) is 6.84. The first kappa shape index (κ1) is 16.1. The molecule has 0 aliphatic heterocycles. The lowest BCUT2D eigenvalue weighted by Gasteiger charge is -2.13. The molecule has 0 amide bonds. The molecule has 6 heteroatoms. The standard InChI is InChI=1S/C19H13F5O/c20-15-11(10-4-2-1-3-5-10)6-7-12-13-8-9-14(19(22,23)24)16(21)18(13)25-17(12)15/h4,6-9H,1-3,5H2. The maximum Gasteiger partial charge on any atom is 0.419 e. The van der Waals surface area contributed by atoms with Gasteiger partial charge in [-0.2, -0.15) is 13.2 Å². The highest BCUT2D eigenvalue weighted by molar-refractivity contribution is 6.06. The number of fused-ring (bicyclic) bond motifs is 3. The normalized spacial score (nSPS) is 15.8. The van der Waals surface area contributed by atoms with Crippen LogP contribution >= 0.6 is 0 Å². The lowest BCUT2D eigenvalue weighted by Crippen LogP contribution is -2.07.